The van der Waals surface area contributed by atoms with Crippen LogP contribution in [0.25, 0.3) is 16.8 Å². The molecule has 2 saturated heterocycles. The fourth-order valence-electron chi connectivity index (χ4n) is 3.52. The zero-order valence-electron chi connectivity index (χ0n) is 13.6. The summed E-state index contributed by atoms with van der Waals surface area (Å²) in [5.41, 5.74) is 1.07. The van der Waals surface area contributed by atoms with Gasteiger partial charge in [0.05, 0.1) is 13.2 Å². The Hall–Kier alpha value is -2.17. The number of amides is 1. The van der Waals surface area contributed by atoms with Gasteiger partial charge >= 0.3 is 0 Å². The molecule has 0 aliphatic carbocycles. The van der Waals surface area contributed by atoms with E-state index in [2.05, 4.69) is 18.2 Å². The minimum atomic E-state index is -0.434. The van der Waals surface area contributed by atoms with E-state index < -0.39 is 5.79 Å². The number of carbonyl (C=O) groups is 1. The lowest BCUT2D eigenvalue weighted by molar-refractivity contribution is -0.186. The molecule has 0 bridgehead atoms. The van der Waals surface area contributed by atoms with Crippen molar-refractivity contribution in [2.45, 2.75) is 18.6 Å². The lowest BCUT2D eigenvalue weighted by atomic mass is 10.0. The van der Waals surface area contributed by atoms with Gasteiger partial charge in [-0.05, 0) is 22.4 Å². The van der Waals surface area contributed by atoms with Gasteiger partial charge in [-0.25, -0.2) is 0 Å². The summed E-state index contributed by atoms with van der Waals surface area (Å²) in [4.78, 5) is 14.3. The largest absolute Gasteiger partial charge is 0.347 e. The van der Waals surface area contributed by atoms with Crippen LogP contribution in [0.2, 0.25) is 0 Å². The number of ether oxygens (including phenoxy) is 2. The van der Waals surface area contributed by atoms with E-state index >= 15 is 0 Å². The van der Waals surface area contributed by atoms with Crippen molar-refractivity contribution in [3.63, 3.8) is 0 Å². The third-order valence-corrected chi connectivity index (χ3v) is 4.88. The summed E-state index contributed by atoms with van der Waals surface area (Å²) < 4.78 is 11.4. The van der Waals surface area contributed by atoms with Crippen LogP contribution >= 0.6 is 0 Å². The third kappa shape index (κ3) is 2.95. The zero-order chi connectivity index (χ0) is 16.4. The van der Waals surface area contributed by atoms with E-state index in [1.165, 1.54) is 5.39 Å². The summed E-state index contributed by atoms with van der Waals surface area (Å²) in [6.07, 6.45) is 5.09. The van der Waals surface area contributed by atoms with E-state index in [0.29, 0.717) is 26.3 Å². The quantitative estimate of drug-likeness (QED) is 0.797. The number of nitrogens with zero attached hydrogens (tertiary/aromatic N) is 1. The Balaban J connectivity index is 1.45. The fourth-order valence-corrected chi connectivity index (χ4v) is 3.52. The number of likely N-dealkylation sites (tertiary alicyclic amines) is 1. The van der Waals surface area contributed by atoms with Gasteiger partial charge in [0.15, 0.2) is 5.79 Å². The maximum Gasteiger partial charge on any atom is 0.246 e. The SMILES string of the molecule is O=C(/C=C/c1cccc2ccccc12)N1CCC2(CC1)OCCO2. The molecule has 0 radical (unpaired) electrons. The average molecular weight is 323 g/mol. The molecule has 4 heteroatoms. The molecule has 0 aromatic heterocycles. The second-order valence-corrected chi connectivity index (χ2v) is 6.33. The standard InChI is InChI=1S/C20H21NO3/c22-19(21-12-10-20(11-13-21)23-14-15-24-20)9-8-17-6-3-5-16-4-1-2-7-18(16)17/h1-9H,10-15H2/b9-8+. The highest BCUT2D eigenvalue weighted by Gasteiger charge is 2.40. The first-order chi connectivity index (χ1) is 11.8. The minimum absolute atomic E-state index is 0.0516. The summed E-state index contributed by atoms with van der Waals surface area (Å²) in [7, 11) is 0. The van der Waals surface area contributed by atoms with Crippen LogP contribution in [0.4, 0.5) is 0 Å². The van der Waals surface area contributed by atoms with Crippen molar-refractivity contribution in [2.24, 2.45) is 0 Å². The Labute approximate surface area is 141 Å². The van der Waals surface area contributed by atoms with Crippen molar-refractivity contribution in [2.75, 3.05) is 26.3 Å². The molecule has 2 aliphatic heterocycles. The van der Waals surface area contributed by atoms with Gasteiger partial charge in [0.25, 0.3) is 0 Å². The highest BCUT2D eigenvalue weighted by atomic mass is 16.7. The Bertz CT molecular complexity index is 762. The minimum Gasteiger partial charge on any atom is -0.347 e. The molecule has 0 unspecified atom stereocenters. The summed E-state index contributed by atoms with van der Waals surface area (Å²) in [6.45, 7) is 2.68. The molecule has 124 valence electrons. The summed E-state index contributed by atoms with van der Waals surface area (Å²) in [6, 6.07) is 14.4. The summed E-state index contributed by atoms with van der Waals surface area (Å²) >= 11 is 0. The van der Waals surface area contributed by atoms with Crippen molar-refractivity contribution >= 4 is 22.8 Å². The van der Waals surface area contributed by atoms with E-state index in [1.54, 1.807) is 6.08 Å². The van der Waals surface area contributed by atoms with Crippen LogP contribution in [0, 0.1) is 0 Å². The Kier molecular flexibility index (Phi) is 4.08. The highest BCUT2D eigenvalue weighted by Crippen LogP contribution is 2.31. The first-order valence-corrected chi connectivity index (χ1v) is 8.48. The molecule has 0 saturated carbocycles. The number of rotatable bonds is 2. The molecule has 1 amide bonds. The molecular formula is C20H21NO3. The molecule has 2 heterocycles. The molecule has 0 atom stereocenters. The van der Waals surface area contributed by atoms with Gasteiger partial charge in [0.2, 0.25) is 5.91 Å². The van der Waals surface area contributed by atoms with Crippen molar-refractivity contribution in [1.82, 2.24) is 4.90 Å². The predicted octanol–water partition coefficient (Wildman–Crippen LogP) is 3.22. The van der Waals surface area contributed by atoms with Crippen molar-refractivity contribution < 1.29 is 14.3 Å². The molecule has 4 nitrogen and oxygen atoms in total. The van der Waals surface area contributed by atoms with Gasteiger partial charge in [-0.2, -0.15) is 0 Å². The van der Waals surface area contributed by atoms with E-state index in [0.717, 1.165) is 23.8 Å². The second-order valence-electron chi connectivity index (χ2n) is 6.33. The van der Waals surface area contributed by atoms with E-state index in [-0.39, 0.29) is 5.91 Å². The first kappa shape index (κ1) is 15.4. The van der Waals surface area contributed by atoms with Gasteiger partial charge in [-0.3, -0.25) is 4.79 Å². The predicted molar refractivity (Wildman–Crippen MR) is 93.4 cm³/mol. The van der Waals surface area contributed by atoms with Gasteiger partial charge in [-0.1, -0.05) is 42.5 Å². The van der Waals surface area contributed by atoms with Crippen LogP contribution in [0.3, 0.4) is 0 Å². The molecule has 2 fully saturated rings. The number of benzene rings is 2. The maximum absolute atomic E-state index is 12.5. The zero-order valence-corrected chi connectivity index (χ0v) is 13.6. The topological polar surface area (TPSA) is 38.8 Å². The molecule has 4 rings (SSSR count). The second kappa shape index (κ2) is 6.38. The maximum atomic E-state index is 12.5. The van der Waals surface area contributed by atoms with Crippen molar-refractivity contribution in [3.05, 3.63) is 54.1 Å². The van der Waals surface area contributed by atoms with Crippen LogP contribution < -0.4 is 0 Å². The molecule has 0 N–H and O–H groups in total. The number of hydrogen-bond donors (Lipinski definition) is 0. The van der Waals surface area contributed by atoms with Crippen LogP contribution in [0.5, 0.6) is 0 Å². The Morgan fingerprint density at radius 3 is 2.50 bits per heavy atom. The molecule has 1 spiro atoms. The highest BCUT2D eigenvalue weighted by molar-refractivity contribution is 5.96. The Morgan fingerprint density at radius 1 is 1.00 bits per heavy atom. The normalized spacial score (nSPS) is 20.2. The third-order valence-electron chi connectivity index (χ3n) is 4.88. The van der Waals surface area contributed by atoms with Crippen LogP contribution in [0.15, 0.2) is 48.5 Å². The van der Waals surface area contributed by atoms with E-state index in [4.69, 9.17) is 9.47 Å². The van der Waals surface area contributed by atoms with Crippen molar-refractivity contribution in [1.29, 1.82) is 0 Å². The van der Waals surface area contributed by atoms with Gasteiger partial charge in [0.1, 0.15) is 0 Å². The average Bonchev–Trinajstić information content (AvgIpc) is 3.08. The first-order valence-electron chi connectivity index (χ1n) is 8.48. The molecule has 24 heavy (non-hydrogen) atoms. The fraction of sp³-hybridized carbons (Fsp3) is 0.350. The molecule has 2 aliphatic rings. The van der Waals surface area contributed by atoms with Crippen LogP contribution in [0.1, 0.15) is 18.4 Å². The number of hydrogen-bond acceptors (Lipinski definition) is 3. The van der Waals surface area contributed by atoms with Gasteiger partial charge in [0, 0.05) is 32.0 Å². The molecule has 2 aromatic carbocycles. The van der Waals surface area contributed by atoms with E-state index in [1.807, 2.05) is 35.2 Å². The molecular weight excluding hydrogens is 302 g/mol. The van der Waals surface area contributed by atoms with Crippen LogP contribution in [-0.4, -0.2) is 42.9 Å². The smallest absolute Gasteiger partial charge is 0.246 e. The van der Waals surface area contributed by atoms with Crippen molar-refractivity contribution in [3.8, 4) is 0 Å². The number of fused-ring (bicyclic) bond motifs is 1. The Morgan fingerprint density at radius 2 is 1.71 bits per heavy atom. The van der Waals surface area contributed by atoms with Crippen LogP contribution in [-0.2, 0) is 14.3 Å². The number of carbonyl (C=O) groups excluding carboxylic acids is 1. The van der Waals surface area contributed by atoms with E-state index in [9.17, 15) is 4.79 Å². The van der Waals surface area contributed by atoms with Gasteiger partial charge < -0.3 is 14.4 Å². The summed E-state index contributed by atoms with van der Waals surface area (Å²) in [5, 5.41) is 2.34. The lowest BCUT2D eigenvalue weighted by Gasteiger charge is -2.37. The lowest BCUT2D eigenvalue weighted by Crippen LogP contribution is -2.46. The summed E-state index contributed by atoms with van der Waals surface area (Å²) in [5.74, 6) is -0.383. The number of piperidine rings is 1. The molecule has 2 aromatic rings. The van der Waals surface area contributed by atoms with Gasteiger partial charge in [-0.15, -0.1) is 0 Å². The monoisotopic (exact) mass is 323 g/mol.